The summed E-state index contributed by atoms with van der Waals surface area (Å²) in [4.78, 5) is 14.6. The number of sulfone groups is 1. The fourth-order valence-corrected chi connectivity index (χ4v) is 5.53. The van der Waals surface area contributed by atoms with Crippen molar-refractivity contribution in [3.63, 3.8) is 0 Å². The number of ketones is 1. The van der Waals surface area contributed by atoms with Crippen LogP contribution in [0.15, 0.2) is 24.3 Å². The molecule has 0 aliphatic carbocycles. The average Bonchev–Trinajstić information content (AvgIpc) is 3.06. The third kappa shape index (κ3) is 4.18. The van der Waals surface area contributed by atoms with Crippen LogP contribution in [0, 0.1) is 11.7 Å². The van der Waals surface area contributed by atoms with Gasteiger partial charge in [-0.15, -0.1) is 0 Å². The van der Waals surface area contributed by atoms with Crippen molar-refractivity contribution in [2.75, 3.05) is 24.6 Å². The molecular weight excluding hydrogens is 317 g/mol. The predicted molar refractivity (Wildman–Crippen MR) is 86.7 cm³/mol. The maximum Gasteiger partial charge on any atom is 0.164 e. The van der Waals surface area contributed by atoms with Crippen LogP contribution in [0.2, 0.25) is 0 Å². The van der Waals surface area contributed by atoms with E-state index in [1.54, 1.807) is 0 Å². The minimum atomic E-state index is -2.85. The van der Waals surface area contributed by atoms with Crippen molar-refractivity contribution >= 4 is 15.6 Å². The molecule has 2 aliphatic rings. The maximum atomic E-state index is 12.9. The van der Waals surface area contributed by atoms with E-state index in [1.165, 1.54) is 24.3 Å². The summed E-state index contributed by atoms with van der Waals surface area (Å²) in [5.74, 6) is 0.459. The van der Waals surface area contributed by atoms with Gasteiger partial charge < -0.3 is 0 Å². The van der Waals surface area contributed by atoms with Crippen LogP contribution in [0.4, 0.5) is 4.39 Å². The highest BCUT2D eigenvalue weighted by Gasteiger charge is 2.33. The number of hydrogen-bond donors (Lipinski definition) is 0. The summed E-state index contributed by atoms with van der Waals surface area (Å²) in [5.41, 5.74) is 0.543. The number of nitrogens with zero attached hydrogens (tertiary/aromatic N) is 1. The number of benzene rings is 1. The van der Waals surface area contributed by atoms with E-state index in [4.69, 9.17) is 0 Å². The van der Waals surface area contributed by atoms with Crippen LogP contribution in [0.5, 0.6) is 0 Å². The largest absolute Gasteiger partial charge is 0.300 e. The third-order valence-electron chi connectivity index (χ3n) is 4.91. The van der Waals surface area contributed by atoms with Gasteiger partial charge in [0.1, 0.15) is 5.82 Å². The molecule has 2 atom stereocenters. The Morgan fingerprint density at radius 3 is 2.61 bits per heavy atom. The zero-order valence-corrected chi connectivity index (χ0v) is 13.9. The number of halogens is 1. The van der Waals surface area contributed by atoms with E-state index in [0.29, 0.717) is 17.7 Å². The first-order chi connectivity index (χ1) is 10.9. The predicted octanol–water partition coefficient (Wildman–Crippen LogP) is 2.30. The van der Waals surface area contributed by atoms with E-state index in [0.717, 1.165) is 32.4 Å². The van der Waals surface area contributed by atoms with Crippen molar-refractivity contribution in [1.82, 2.24) is 4.90 Å². The molecule has 0 aromatic heterocycles. The normalized spacial score (nSPS) is 27.3. The van der Waals surface area contributed by atoms with Crippen molar-refractivity contribution in [2.45, 2.75) is 31.7 Å². The zero-order chi connectivity index (χ0) is 16.4. The van der Waals surface area contributed by atoms with Crippen LogP contribution in [-0.4, -0.2) is 49.7 Å². The summed E-state index contributed by atoms with van der Waals surface area (Å²) >= 11 is 0. The molecular formula is C17H22FNO3S. The van der Waals surface area contributed by atoms with E-state index >= 15 is 0 Å². The molecule has 2 fully saturated rings. The van der Waals surface area contributed by atoms with Gasteiger partial charge in [0.15, 0.2) is 15.6 Å². The van der Waals surface area contributed by atoms with E-state index in [2.05, 4.69) is 4.90 Å². The quantitative estimate of drug-likeness (QED) is 0.773. The summed E-state index contributed by atoms with van der Waals surface area (Å²) in [7, 11) is -2.85. The molecule has 4 nitrogen and oxygen atoms in total. The van der Waals surface area contributed by atoms with Crippen molar-refractivity contribution in [1.29, 1.82) is 0 Å². The minimum absolute atomic E-state index is 0.0287. The van der Waals surface area contributed by atoms with E-state index < -0.39 is 9.84 Å². The second kappa shape index (κ2) is 6.69. The molecule has 0 N–H and O–H groups in total. The molecule has 126 valence electrons. The Kier molecular flexibility index (Phi) is 4.82. The summed E-state index contributed by atoms with van der Waals surface area (Å²) in [6.45, 7) is 1.69. The van der Waals surface area contributed by atoms with Crippen LogP contribution in [0.1, 0.15) is 36.0 Å². The van der Waals surface area contributed by atoms with Crippen molar-refractivity contribution < 1.29 is 17.6 Å². The minimum Gasteiger partial charge on any atom is -0.300 e. The van der Waals surface area contributed by atoms with Gasteiger partial charge >= 0.3 is 0 Å². The van der Waals surface area contributed by atoms with Gasteiger partial charge in [-0.05, 0) is 56.0 Å². The first-order valence-corrected chi connectivity index (χ1v) is 9.98. The third-order valence-corrected chi connectivity index (χ3v) is 6.74. The lowest BCUT2D eigenvalue weighted by Gasteiger charge is -2.26. The molecule has 3 rings (SSSR count). The van der Waals surface area contributed by atoms with Gasteiger partial charge in [-0.1, -0.05) is 0 Å². The molecule has 0 spiro atoms. The molecule has 23 heavy (non-hydrogen) atoms. The molecule has 2 saturated heterocycles. The van der Waals surface area contributed by atoms with Gasteiger partial charge in [0.25, 0.3) is 0 Å². The Labute approximate surface area is 136 Å². The van der Waals surface area contributed by atoms with Crippen molar-refractivity contribution in [2.24, 2.45) is 5.92 Å². The van der Waals surface area contributed by atoms with E-state index in [9.17, 15) is 17.6 Å². The molecule has 0 bridgehead atoms. The summed E-state index contributed by atoms with van der Waals surface area (Å²) in [6, 6.07) is 5.85. The number of carbonyl (C=O) groups is 1. The molecule has 1 aromatic carbocycles. The highest BCUT2D eigenvalue weighted by molar-refractivity contribution is 7.91. The molecule has 0 saturated carbocycles. The smallest absolute Gasteiger partial charge is 0.164 e. The topological polar surface area (TPSA) is 54.5 Å². The van der Waals surface area contributed by atoms with Gasteiger partial charge in [0, 0.05) is 24.6 Å². The van der Waals surface area contributed by atoms with Crippen LogP contribution in [0.25, 0.3) is 0 Å². The van der Waals surface area contributed by atoms with Gasteiger partial charge in [0.2, 0.25) is 0 Å². The van der Waals surface area contributed by atoms with Crippen LogP contribution >= 0.6 is 0 Å². The maximum absolute atomic E-state index is 12.9. The SMILES string of the molecule is O=C(C[C@@H]1CCCN1C[C@H]1CCS(=O)(=O)C1)c1ccc(F)cc1. The van der Waals surface area contributed by atoms with Gasteiger partial charge in [-0.3, -0.25) is 9.69 Å². The lowest BCUT2D eigenvalue weighted by molar-refractivity contribution is 0.0935. The Morgan fingerprint density at radius 1 is 1.22 bits per heavy atom. The highest BCUT2D eigenvalue weighted by atomic mass is 32.2. The Bertz CT molecular complexity index is 672. The Hall–Kier alpha value is -1.27. The molecule has 0 unspecified atom stereocenters. The first kappa shape index (κ1) is 16.6. The van der Waals surface area contributed by atoms with Crippen molar-refractivity contribution in [3.05, 3.63) is 35.6 Å². The Balaban J connectivity index is 1.58. The second-order valence-electron chi connectivity index (χ2n) is 6.69. The average molecular weight is 339 g/mol. The number of rotatable bonds is 5. The monoisotopic (exact) mass is 339 g/mol. The van der Waals surface area contributed by atoms with Crippen LogP contribution in [-0.2, 0) is 9.84 Å². The van der Waals surface area contributed by atoms with E-state index in [1.807, 2.05) is 0 Å². The van der Waals surface area contributed by atoms with Gasteiger partial charge in [-0.25, -0.2) is 12.8 Å². The highest BCUT2D eigenvalue weighted by Crippen LogP contribution is 2.26. The number of Topliss-reactive ketones (excluding diaryl/α,β-unsaturated/α-hetero) is 1. The van der Waals surface area contributed by atoms with Crippen molar-refractivity contribution in [3.8, 4) is 0 Å². The molecule has 1 aromatic rings. The molecule has 2 heterocycles. The first-order valence-electron chi connectivity index (χ1n) is 8.16. The number of likely N-dealkylation sites (tertiary alicyclic amines) is 1. The zero-order valence-electron chi connectivity index (χ0n) is 13.1. The standard InChI is InChI=1S/C17H22FNO3S/c18-15-5-3-14(4-6-15)17(20)10-16-2-1-8-19(16)11-13-7-9-23(21,22)12-13/h3-6,13,16H,1-2,7-12H2/t13-,16+/m1/s1. The van der Waals surface area contributed by atoms with Crippen LogP contribution < -0.4 is 0 Å². The van der Waals surface area contributed by atoms with Crippen LogP contribution in [0.3, 0.4) is 0 Å². The lowest BCUT2D eigenvalue weighted by atomic mass is 10.0. The second-order valence-corrected chi connectivity index (χ2v) is 8.92. The molecule has 0 radical (unpaired) electrons. The number of carbonyl (C=O) groups excluding carboxylic acids is 1. The van der Waals surface area contributed by atoms with E-state index in [-0.39, 0.29) is 29.3 Å². The summed E-state index contributed by atoms with van der Waals surface area (Å²) in [6.07, 6.45) is 3.16. The fourth-order valence-electron chi connectivity index (χ4n) is 3.68. The molecule has 2 aliphatic heterocycles. The van der Waals surface area contributed by atoms with Gasteiger partial charge in [0.05, 0.1) is 11.5 Å². The fraction of sp³-hybridized carbons (Fsp3) is 0.588. The molecule has 0 amide bonds. The molecule has 6 heteroatoms. The van der Waals surface area contributed by atoms with Gasteiger partial charge in [-0.2, -0.15) is 0 Å². The lowest BCUT2D eigenvalue weighted by Crippen LogP contribution is -2.35. The number of hydrogen-bond acceptors (Lipinski definition) is 4. The Morgan fingerprint density at radius 2 is 1.96 bits per heavy atom. The summed E-state index contributed by atoms with van der Waals surface area (Å²) < 4.78 is 36.1. The summed E-state index contributed by atoms with van der Waals surface area (Å²) in [5, 5.41) is 0.